The molecule has 0 N–H and O–H groups in total. The smallest absolute Gasteiger partial charge is 0.185 e. The van der Waals surface area contributed by atoms with E-state index in [0.29, 0.717) is 5.69 Å². The maximum Gasteiger partial charge on any atom is 0.185 e. The third-order valence-electron chi connectivity index (χ3n) is 2.30. The molecule has 1 aromatic carbocycles. The zero-order valence-corrected chi connectivity index (χ0v) is 12.3. The van der Waals surface area contributed by atoms with Crippen molar-refractivity contribution in [2.24, 2.45) is 0 Å². The monoisotopic (exact) mass is 345 g/mol. The fourth-order valence-electron chi connectivity index (χ4n) is 1.46. The highest BCUT2D eigenvalue weighted by Gasteiger charge is 2.18. The summed E-state index contributed by atoms with van der Waals surface area (Å²) < 4.78 is 25.1. The molecular formula is C12H9BrClNO2S. The van der Waals surface area contributed by atoms with Gasteiger partial charge < -0.3 is 0 Å². The summed E-state index contributed by atoms with van der Waals surface area (Å²) in [5.41, 5.74) is 0.484. The zero-order chi connectivity index (χ0) is 13.2. The van der Waals surface area contributed by atoms with Crippen molar-refractivity contribution in [1.82, 2.24) is 4.98 Å². The van der Waals surface area contributed by atoms with Gasteiger partial charge in [-0.1, -0.05) is 23.7 Å². The fourth-order valence-corrected chi connectivity index (χ4v) is 3.55. The number of sulfone groups is 1. The summed E-state index contributed by atoms with van der Waals surface area (Å²) in [6.07, 6.45) is 1.57. The lowest BCUT2D eigenvalue weighted by Gasteiger charge is -2.05. The van der Waals surface area contributed by atoms with Crippen molar-refractivity contribution >= 4 is 37.4 Å². The minimum absolute atomic E-state index is 0.136. The number of hydrogen-bond acceptors (Lipinski definition) is 3. The maximum absolute atomic E-state index is 12.2. The lowest BCUT2D eigenvalue weighted by Crippen LogP contribution is -2.06. The lowest BCUT2D eigenvalue weighted by atomic mass is 10.4. The van der Waals surface area contributed by atoms with Gasteiger partial charge in [0.15, 0.2) is 9.84 Å². The van der Waals surface area contributed by atoms with E-state index in [-0.39, 0.29) is 15.7 Å². The highest BCUT2D eigenvalue weighted by Crippen LogP contribution is 2.24. The molecule has 18 heavy (non-hydrogen) atoms. The zero-order valence-electron chi connectivity index (χ0n) is 9.18. The number of aromatic nitrogens is 1. The molecule has 94 valence electrons. The predicted octanol–water partition coefficient (Wildman–Crippen LogP) is 3.47. The van der Waals surface area contributed by atoms with E-state index in [2.05, 4.69) is 20.9 Å². The molecule has 0 radical (unpaired) electrons. The van der Waals surface area contributed by atoms with Crippen molar-refractivity contribution in [3.8, 4) is 0 Å². The van der Waals surface area contributed by atoms with Crippen molar-refractivity contribution < 1.29 is 8.42 Å². The van der Waals surface area contributed by atoms with Crippen LogP contribution in [-0.4, -0.2) is 13.4 Å². The predicted molar refractivity (Wildman–Crippen MR) is 74.3 cm³/mol. The molecule has 0 aliphatic carbocycles. The molecule has 2 aromatic rings. The number of pyridine rings is 1. The molecule has 2 rings (SSSR count). The van der Waals surface area contributed by atoms with Gasteiger partial charge in [-0.15, -0.1) is 0 Å². The van der Waals surface area contributed by atoms with Crippen LogP contribution in [0.15, 0.2) is 52.0 Å². The summed E-state index contributed by atoms with van der Waals surface area (Å²) in [5, 5.41) is 0.231. The summed E-state index contributed by atoms with van der Waals surface area (Å²) in [4.78, 5) is 4.19. The molecule has 0 atom stereocenters. The Morgan fingerprint density at radius 1 is 1.17 bits per heavy atom. The first-order valence-corrected chi connectivity index (χ1v) is 7.89. The van der Waals surface area contributed by atoms with E-state index in [0.717, 1.165) is 4.47 Å². The minimum atomic E-state index is -3.47. The summed E-state index contributed by atoms with van der Waals surface area (Å²) in [7, 11) is -3.47. The second-order valence-electron chi connectivity index (χ2n) is 3.66. The van der Waals surface area contributed by atoms with Crippen LogP contribution in [0.2, 0.25) is 5.02 Å². The average Bonchev–Trinajstić information content (AvgIpc) is 2.32. The molecule has 3 nitrogen and oxygen atoms in total. The first-order valence-electron chi connectivity index (χ1n) is 5.07. The van der Waals surface area contributed by atoms with Gasteiger partial charge in [-0.2, -0.15) is 0 Å². The average molecular weight is 347 g/mol. The van der Waals surface area contributed by atoms with E-state index in [9.17, 15) is 8.42 Å². The first kappa shape index (κ1) is 13.5. The summed E-state index contributed by atoms with van der Waals surface area (Å²) >= 11 is 9.14. The quantitative estimate of drug-likeness (QED) is 0.855. The Balaban J connectivity index is 2.33. The highest BCUT2D eigenvalue weighted by atomic mass is 79.9. The molecule has 1 heterocycles. The largest absolute Gasteiger partial charge is 0.259 e. The van der Waals surface area contributed by atoms with E-state index in [4.69, 9.17) is 11.6 Å². The number of nitrogens with zero attached hydrogens (tertiary/aromatic N) is 1. The number of hydrogen-bond donors (Lipinski definition) is 0. The molecule has 0 fully saturated rings. The Kier molecular flexibility index (Phi) is 4.04. The van der Waals surface area contributed by atoms with Crippen molar-refractivity contribution in [3.63, 3.8) is 0 Å². The van der Waals surface area contributed by atoms with Gasteiger partial charge in [0.2, 0.25) is 0 Å². The number of benzene rings is 1. The Morgan fingerprint density at radius 2 is 1.89 bits per heavy atom. The SMILES string of the molecule is O=S(=O)(Cc1ccc(Br)cn1)c1ccccc1Cl. The molecule has 0 unspecified atom stereocenters. The molecule has 0 aliphatic heterocycles. The second-order valence-corrected chi connectivity index (χ2v) is 6.94. The normalized spacial score (nSPS) is 11.4. The minimum Gasteiger partial charge on any atom is -0.259 e. The van der Waals surface area contributed by atoms with E-state index in [1.807, 2.05) is 0 Å². The van der Waals surface area contributed by atoms with Crippen molar-refractivity contribution in [3.05, 3.63) is 57.8 Å². The van der Waals surface area contributed by atoms with E-state index in [1.165, 1.54) is 6.07 Å². The van der Waals surface area contributed by atoms with Gasteiger partial charge in [-0.05, 0) is 40.2 Å². The van der Waals surface area contributed by atoms with Crippen molar-refractivity contribution in [2.75, 3.05) is 0 Å². The second kappa shape index (κ2) is 5.38. The van der Waals surface area contributed by atoms with Crippen LogP contribution in [0.4, 0.5) is 0 Å². The summed E-state index contributed by atoms with van der Waals surface area (Å²) in [6, 6.07) is 9.82. The van der Waals surface area contributed by atoms with E-state index < -0.39 is 9.84 Å². The summed E-state index contributed by atoms with van der Waals surface area (Å²) in [5.74, 6) is -0.163. The van der Waals surface area contributed by atoms with Crippen LogP contribution >= 0.6 is 27.5 Å². The molecule has 0 bridgehead atoms. The van der Waals surface area contributed by atoms with Gasteiger partial charge in [0.25, 0.3) is 0 Å². The molecule has 0 spiro atoms. The third kappa shape index (κ3) is 3.10. The van der Waals surface area contributed by atoms with Gasteiger partial charge in [-0.25, -0.2) is 8.42 Å². The van der Waals surface area contributed by atoms with Gasteiger partial charge in [0.05, 0.1) is 21.4 Å². The lowest BCUT2D eigenvalue weighted by molar-refractivity contribution is 0.594. The van der Waals surface area contributed by atoms with Crippen LogP contribution in [0.25, 0.3) is 0 Å². The molecule has 0 saturated carbocycles. The van der Waals surface area contributed by atoms with Gasteiger partial charge in [0.1, 0.15) is 0 Å². The molecule has 6 heteroatoms. The topological polar surface area (TPSA) is 47.0 Å². The van der Waals surface area contributed by atoms with E-state index >= 15 is 0 Å². The highest BCUT2D eigenvalue weighted by molar-refractivity contribution is 9.10. The summed E-state index contributed by atoms with van der Waals surface area (Å²) in [6.45, 7) is 0. The third-order valence-corrected chi connectivity index (χ3v) is 4.91. The molecule has 0 saturated heterocycles. The van der Waals surface area contributed by atoms with Crippen molar-refractivity contribution in [2.45, 2.75) is 10.6 Å². The van der Waals surface area contributed by atoms with Gasteiger partial charge >= 0.3 is 0 Å². The first-order chi connectivity index (χ1) is 8.49. The van der Waals surface area contributed by atoms with E-state index in [1.54, 1.807) is 36.5 Å². The van der Waals surface area contributed by atoms with Gasteiger partial charge in [0, 0.05) is 10.7 Å². The van der Waals surface area contributed by atoms with Crippen LogP contribution in [0.1, 0.15) is 5.69 Å². The standard InChI is InChI=1S/C12H9BrClNO2S/c13-9-5-6-10(15-7-9)8-18(16,17)12-4-2-1-3-11(12)14/h1-7H,8H2. The molecule has 1 aromatic heterocycles. The van der Waals surface area contributed by atoms with Gasteiger partial charge in [-0.3, -0.25) is 4.98 Å². The molecular weight excluding hydrogens is 338 g/mol. The van der Waals surface area contributed by atoms with Crippen LogP contribution in [0.5, 0.6) is 0 Å². The molecule has 0 aliphatic rings. The Bertz CT molecular complexity index is 656. The molecule has 0 amide bonds. The number of halogens is 2. The van der Waals surface area contributed by atoms with Crippen LogP contribution in [0, 0.1) is 0 Å². The van der Waals surface area contributed by atoms with Crippen LogP contribution in [0.3, 0.4) is 0 Å². The van der Waals surface area contributed by atoms with Crippen LogP contribution in [-0.2, 0) is 15.6 Å². The maximum atomic E-state index is 12.2. The van der Waals surface area contributed by atoms with Crippen molar-refractivity contribution in [1.29, 1.82) is 0 Å². The number of rotatable bonds is 3. The Labute approximate surface area is 119 Å². The van der Waals surface area contributed by atoms with Crippen LogP contribution < -0.4 is 0 Å². The fraction of sp³-hybridized carbons (Fsp3) is 0.0833. The Hall–Kier alpha value is -0.910. The Morgan fingerprint density at radius 3 is 2.50 bits per heavy atom.